The third-order valence-corrected chi connectivity index (χ3v) is 2.35. The summed E-state index contributed by atoms with van der Waals surface area (Å²) in [6.45, 7) is 2.49. The zero-order valence-corrected chi connectivity index (χ0v) is 10.5. The second kappa shape index (κ2) is 6.78. The maximum absolute atomic E-state index is 11.7. The van der Waals surface area contributed by atoms with Gasteiger partial charge in [0.2, 0.25) is 0 Å². The van der Waals surface area contributed by atoms with Gasteiger partial charge in [-0.2, -0.15) is 0 Å². The molecule has 0 aromatic heterocycles. The second-order valence-corrected chi connectivity index (χ2v) is 3.56. The van der Waals surface area contributed by atoms with E-state index in [2.05, 4.69) is 0 Å². The average Bonchev–Trinajstić information content (AvgIpc) is 2.38. The lowest BCUT2D eigenvalue weighted by Crippen LogP contribution is -2.06. The Balaban J connectivity index is 2.74. The highest BCUT2D eigenvalue weighted by atomic mass is 16.5. The molecule has 0 spiro atoms. The van der Waals surface area contributed by atoms with Crippen molar-refractivity contribution >= 4 is 5.97 Å². The Morgan fingerprint density at radius 3 is 2.47 bits per heavy atom. The average molecular weight is 238 g/mol. The molecule has 0 atom stereocenters. The summed E-state index contributed by atoms with van der Waals surface area (Å²) < 4.78 is 15.3. The van der Waals surface area contributed by atoms with Gasteiger partial charge in [0.25, 0.3) is 0 Å². The van der Waals surface area contributed by atoms with Crippen LogP contribution in [-0.4, -0.2) is 26.8 Å². The summed E-state index contributed by atoms with van der Waals surface area (Å²) in [5.41, 5.74) is 0.471. The van der Waals surface area contributed by atoms with Crippen LogP contribution in [0, 0.1) is 0 Å². The summed E-state index contributed by atoms with van der Waals surface area (Å²) >= 11 is 0. The molecule has 0 aliphatic heterocycles. The van der Waals surface area contributed by atoms with Gasteiger partial charge in [-0.25, -0.2) is 4.79 Å². The molecular weight excluding hydrogens is 220 g/mol. The van der Waals surface area contributed by atoms with E-state index in [0.717, 1.165) is 12.8 Å². The van der Waals surface area contributed by atoms with Crippen molar-refractivity contribution in [3.8, 4) is 11.5 Å². The number of ether oxygens (including phenoxy) is 3. The maximum atomic E-state index is 11.7. The van der Waals surface area contributed by atoms with Gasteiger partial charge in [0.05, 0.1) is 26.4 Å². The number of esters is 1. The van der Waals surface area contributed by atoms with Gasteiger partial charge >= 0.3 is 5.97 Å². The Hall–Kier alpha value is -1.71. The van der Waals surface area contributed by atoms with Crippen LogP contribution in [0.2, 0.25) is 0 Å². The molecule has 0 aliphatic carbocycles. The molecule has 0 saturated carbocycles. The minimum Gasteiger partial charge on any atom is -0.493 e. The number of carbonyl (C=O) groups is 1. The van der Waals surface area contributed by atoms with Gasteiger partial charge < -0.3 is 14.2 Å². The molecule has 0 unspecified atom stereocenters. The van der Waals surface area contributed by atoms with Gasteiger partial charge in [-0.1, -0.05) is 13.3 Å². The van der Waals surface area contributed by atoms with Crippen LogP contribution in [0.1, 0.15) is 30.1 Å². The summed E-state index contributed by atoms with van der Waals surface area (Å²) in [5, 5.41) is 0. The Bertz CT molecular complexity index is 374. The first kappa shape index (κ1) is 13.4. The van der Waals surface area contributed by atoms with Crippen molar-refractivity contribution in [3.05, 3.63) is 23.8 Å². The van der Waals surface area contributed by atoms with Crippen molar-refractivity contribution in [2.75, 3.05) is 20.8 Å². The van der Waals surface area contributed by atoms with Crippen molar-refractivity contribution in [3.63, 3.8) is 0 Å². The molecule has 0 amide bonds. The molecule has 0 bridgehead atoms. The van der Waals surface area contributed by atoms with E-state index >= 15 is 0 Å². The molecule has 1 aromatic rings. The molecule has 0 heterocycles. The number of rotatable bonds is 6. The lowest BCUT2D eigenvalue weighted by atomic mass is 10.2. The van der Waals surface area contributed by atoms with E-state index in [1.165, 1.54) is 7.11 Å². The fourth-order valence-electron chi connectivity index (χ4n) is 1.36. The Morgan fingerprint density at radius 2 is 1.88 bits per heavy atom. The highest BCUT2D eigenvalue weighted by molar-refractivity contribution is 5.90. The highest BCUT2D eigenvalue weighted by Crippen LogP contribution is 2.27. The summed E-state index contributed by atoms with van der Waals surface area (Å²) in [6.07, 6.45) is 1.87. The number of benzene rings is 1. The van der Waals surface area contributed by atoms with Crippen molar-refractivity contribution in [1.29, 1.82) is 0 Å². The third kappa shape index (κ3) is 3.66. The largest absolute Gasteiger partial charge is 0.493 e. The predicted molar refractivity (Wildman–Crippen MR) is 64.7 cm³/mol. The first-order valence-electron chi connectivity index (χ1n) is 5.62. The molecule has 0 aliphatic rings. The molecule has 0 saturated heterocycles. The van der Waals surface area contributed by atoms with E-state index in [4.69, 9.17) is 14.2 Å². The Morgan fingerprint density at radius 1 is 1.18 bits per heavy atom. The van der Waals surface area contributed by atoms with Crippen LogP contribution < -0.4 is 9.47 Å². The maximum Gasteiger partial charge on any atom is 0.338 e. The molecule has 4 nitrogen and oxygen atoms in total. The lowest BCUT2D eigenvalue weighted by Gasteiger charge is -2.09. The van der Waals surface area contributed by atoms with Crippen molar-refractivity contribution in [2.24, 2.45) is 0 Å². The van der Waals surface area contributed by atoms with E-state index in [1.54, 1.807) is 25.3 Å². The molecule has 1 aromatic carbocycles. The fourth-order valence-corrected chi connectivity index (χ4v) is 1.36. The standard InChI is InChI=1S/C13H18O4/c1-4-5-8-17-13(14)10-6-7-11(15-2)12(9-10)16-3/h6-7,9H,4-5,8H2,1-3H3. The molecule has 4 heteroatoms. The van der Waals surface area contributed by atoms with Crippen molar-refractivity contribution < 1.29 is 19.0 Å². The van der Waals surface area contributed by atoms with Gasteiger partial charge in [-0.3, -0.25) is 0 Å². The summed E-state index contributed by atoms with van der Waals surface area (Å²) in [7, 11) is 3.08. The molecule has 17 heavy (non-hydrogen) atoms. The van der Waals surface area contributed by atoms with Crippen LogP contribution in [0.4, 0.5) is 0 Å². The lowest BCUT2D eigenvalue weighted by molar-refractivity contribution is 0.0499. The van der Waals surface area contributed by atoms with E-state index in [1.807, 2.05) is 6.92 Å². The predicted octanol–water partition coefficient (Wildman–Crippen LogP) is 2.66. The van der Waals surface area contributed by atoms with Crippen LogP contribution >= 0.6 is 0 Å². The van der Waals surface area contributed by atoms with Crippen LogP contribution in [0.3, 0.4) is 0 Å². The first-order chi connectivity index (χ1) is 8.22. The van der Waals surface area contributed by atoms with Crippen LogP contribution in [0.5, 0.6) is 11.5 Å². The molecule has 0 radical (unpaired) electrons. The quantitative estimate of drug-likeness (QED) is 0.564. The number of carbonyl (C=O) groups excluding carboxylic acids is 1. The number of unbranched alkanes of at least 4 members (excludes halogenated alkanes) is 1. The number of hydrogen-bond donors (Lipinski definition) is 0. The zero-order valence-electron chi connectivity index (χ0n) is 10.5. The number of methoxy groups -OCH3 is 2. The molecule has 0 fully saturated rings. The topological polar surface area (TPSA) is 44.8 Å². The molecular formula is C13H18O4. The van der Waals surface area contributed by atoms with E-state index in [9.17, 15) is 4.79 Å². The Kier molecular flexibility index (Phi) is 5.33. The van der Waals surface area contributed by atoms with Crippen LogP contribution in [0.15, 0.2) is 18.2 Å². The van der Waals surface area contributed by atoms with Gasteiger partial charge in [0, 0.05) is 0 Å². The summed E-state index contributed by atoms with van der Waals surface area (Å²) in [4.78, 5) is 11.7. The van der Waals surface area contributed by atoms with E-state index < -0.39 is 0 Å². The van der Waals surface area contributed by atoms with Gasteiger partial charge in [-0.15, -0.1) is 0 Å². The zero-order chi connectivity index (χ0) is 12.7. The number of hydrogen-bond acceptors (Lipinski definition) is 4. The monoisotopic (exact) mass is 238 g/mol. The third-order valence-electron chi connectivity index (χ3n) is 2.35. The minimum absolute atomic E-state index is 0.334. The molecule has 94 valence electrons. The van der Waals surface area contributed by atoms with Crippen LogP contribution in [-0.2, 0) is 4.74 Å². The van der Waals surface area contributed by atoms with Crippen molar-refractivity contribution in [2.45, 2.75) is 19.8 Å². The summed E-state index contributed by atoms with van der Waals surface area (Å²) in [6, 6.07) is 4.97. The van der Waals surface area contributed by atoms with Gasteiger partial charge in [0.1, 0.15) is 0 Å². The minimum atomic E-state index is -0.334. The molecule has 1 rings (SSSR count). The smallest absolute Gasteiger partial charge is 0.338 e. The van der Waals surface area contributed by atoms with E-state index in [-0.39, 0.29) is 5.97 Å². The van der Waals surface area contributed by atoms with Crippen molar-refractivity contribution in [1.82, 2.24) is 0 Å². The normalized spacial score (nSPS) is 9.82. The molecule has 0 N–H and O–H groups in total. The fraction of sp³-hybridized carbons (Fsp3) is 0.462. The first-order valence-corrected chi connectivity index (χ1v) is 5.62. The SMILES string of the molecule is CCCCOC(=O)c1ccc(OC)c(OC)c1. The van der Waals surface area contributed by atoms with Crippen LogP contribution in [0.25, 0.3) is 0 Å². The second-order valence-electron chi connectivity index (χ2n) is 3.56. The van der Waals surface area contributed by atoms with Gasteiger partial charge in [0.15, 0.2) is 11.5 Å². The summed E-state index contributed by atoms with van der Waals surface area (Å²) in [5.74, 6) is 0.787. The van der Waals surface area contributed by atoms with Gasteiger partial charge in [-0.05, 0) is 24.6 Å². The highest BCUT2D eigenvalue weighted by Gasteiger charge is 2.11. The van der Waals surface area contributed by atoms with E-state index in [0.29, 0.717) is 23.7 Å². The Labute approximate surface area is 101 Å².